The summed E-state index contributed by atoms with van der Waals surface area (Å²) in [6.45, 7) is 0. The van der Waals surface area contributed by atoms with Crippen LogP contribution in [0.15, 0.2) is 6.33 Å². The van der Waals surface area contributed by atoms with E-state index in [-0.39, 0.29) is 5.28 Å². The van der Waals surface area contributed by atoms with Gasteiger partial charge >= 0.3 is 0 Å². The van der Waals surface area contributed by atoms with E-state index < -0.39 is 24.0 Å². The molecule has 3 N–H and O–H groups in total. The number of nitrogens with one attached hydrogen (secondary N) is 1. The quantitative estimate of drug-likeness (QED) is 0.666. The van der Waals surface area contributed by atoms with Crippen molar-refractivity contribution in [1.29, 1.82) is 0 Å². The Hall–Kier alpha value is -1.48. The van der Waals surface area contributed by atoms with Crippen LogP contribution in [0, 0.1) is 0 Å². The summed E-state index contributed by atoms with van der Waals surface area (Å²) < 4.78 is 7.31. The first kappa shape index (κ1) is 12.3. The second kappa shape index (κ2) is 3.79. The van der Waals surface area contributed by atoms with Gasteiger partial charge in [-0.3, -0.25) is 4.57 Å². The minimum absolute atomic E-state index is 0.102. The van der Waals surface area contributed by atoms with Crippen LogP contribution in [0.2, 0.25) is 5.28 Å². The number of rotatable bonds is 2. The fraction of sp³-hybridized carbons (Fsp3) is 0.545. The van der Waals surface area contributed by atoms with E-state index in [0.29, 0.717) is 23.4 Å². The molecule has 0 amide bonds. The second-order valence-electron chi connectivity index (χ2n) is 5.07. The Balaban J connectivity index is 1.77. The number of halogens is 1. The predicted molar refractivity (Wildman–Crippen MR) is 69.4 cm³/mol. The van der Waals surface area contributed by atoms with Gasteiger partial charge in [0, 0.05) is 13.5 Å². The average Bonchev–Trinajstić information content (AvgIpc) is 2.80. The molecule has 2 aromatic heterocycles. The van der Waals surface area contributed by atoms with Crippen LogP contribution < -0.4 is 5.32 Å². The van der Waals surface area contributed by atoms with Crippen molar-refractivity contribution in [2.24, 2.45) is 0 Å². The monoisotopic (exact) mass is 297 g/mol. The van der Waals surface area contributed by atoms with Crippen LogP contribution in [-0.4, -0.2) is 54.6 Å². The van der Waals surface area contributed by atoms with Crippen molar-refractivity contribution in [3.8, 4) is 0 Å². The first-order valence-electron chi connectivity index (χ1n) is 6.18. The van der Waals surface area contributed by atoms with Crippen molar-refractivity contribution in [3.63, 3.8) is 0 Å². The molecule has 2 fully saturated rings. The van der Waals surface area contributed by atoms with E-state index in [0.717, 1.165) is 0 Å². The molecule has 3 heterocycles. The number of aliphatic hydroxyl groups excluding tert-OH is 1. The van der Waals surface area contributed by atoms with Gasteiger partial charge < -0.3 is 20.3 Å². The standard InChI is InChI=1S/C11H12ClN5O3/c1-13-8-5-9(16-10(12)15-8)17(3-14-5)4-2-11(19)6(18)7(11)20-4/h3-4,6-7,18-19H,2H2,1H3,(H,13,15,16). The normalized spacial score (nSPS) is 35.3. The zero-order valence-corrected chi connectivity index (χ0v) is 11.2. The summed E-state index contributed by atoms with van der Waals surface area (Å²) >= 11 is 5.89. The summed E-state index contributed by atoms with van der Waals surface area (Å²) in [5, 5.41) is 22.6. The smallest absolute Gasteiger partial charge is 0.226 e. The second-order valence-corrected chi connectivity index (χ2v) is 5.40. The molecule has 2 aromatic rings. The van der Waals surface area contributed by atoms with Crippen LogP contribution in [0.4, 0.5) is 5.82 Å². The molecule has 0 radical (unpaired) electrons. The fourth-order valence-corrected chi connectivity index (χ4v) is 2.90. The highest BCUT2D eigenvalue weighted by molar-refractivity contribution is 6.28. The lowest BCUT2D eigenvalue weighted by atomic mass is 10.2. The largest absolute Gasteiger partial charge is 0.387 e. The zero-order chi connectivity index (χ0) is 14.1. The van der Waals surface area contributed by atoms with E-state index >= 15 is 0 Å². The summed E-state index contributed by atoms with van der Waals surface area (Å²) in [5.74, 6) is 0.528. The van der Waals surface area contributed by atoms with Gasteiger partial charge in [-0.1, -0.05) is 0 Å². The molecule has 1 saturated heterocycles. The van der Waals surface area contributed by atoms with E-state index in [4.69, 9.17) is 16.3 Å². The number of anilines is 1. The highest BCUT2D eigenvalue weighted by atomic mass is 35.5. The zero-order valence-electron chi connectivity index (χ0n) is 10.5. The maximum atomic E-state index is 10.1. The minimum Gasteiger partial charge on any atom is -0.387 e. The van der Waals surface area contributed by atoms with Crippen LogP contribution in [0.5, 0.6) is 0 Å². The number of ether oxygens (including phenoxy) is 1. The maximum absolute atomic E-state index is 10.1. The molecule has 4 unspecified atom stereocenters. The molecular formula is C11H12ClN5O3. The molecule has 1 aliphatic carbocycles. The molecule has 2 aliphatic rings. The van der Waals surface area contributed by atoms with Gasteiger partial charge in [0.25, 0.3) is 0 Å². The minimum atomic E-state index is -1.15. The van der Waals surface area contributed by atoms with Crippen molar-refractivity contribution in [2.75, 3.05) is 12.4 Å². The van der Waals surface area contributed by atoms with Gasteiger partial charge in [-0.25, -0.2) is 4.98 Å². The van der Waals surface area contributed by atoms with E-state index in [1.54, 1.807) is 17.9 Å². The highest BCUT2D eigenvalue weighted by Gasteiger charge is 2.71. The highest BCUT2D eigenvalue weighted by Crippen LogP contribution is 2.53. The van der Waals surface area contributed by atoms with Crippen LogP contribution in [0.25, 0.3) is 11.2 Å². The molecule has 4 rings (SSSR count). The molecule has 0 bridgehead atoms. The molecular weight excluding hydrogens is 286 g/mol. The van der Waals surface area contributed by atoms with Gasteiger partial charge in [0.15, 0.2) is 17.0 Å². The lowest BCUT2D eigenvalue weighted by Gasteiger charge is -2.16. The summed E-state index contributed by atoms with van der Waals surface area (Å²) in [6.07, 6.45) is 0.0994. The molecule has 0 aromatic carbocycles. The maximum Gasteiger partial charge on any atom is 0.226 e. The van der Waals surface area contributed by atoms with Crippen molar-refractivity contribution in [1.82, 2.24) is 19.5 Å². The van der Waals surface area contributed by atoms with Crippen LogP contribution in [0.3, 0.4) is 0 Å². The van der Waals surface area contributed by atoms with Crippen LogP contribution in [-0.2, 0) is 4.74 Å². The summed E-state index contributed by atoms with van der Waals surface area (Å²) in [5.41, 5.74) is -0.0449. The Bertz CT molecular complexity index is 707. The SMILES string of the molecule is CNc1nc(Cl)nc2c1ncn2C1CC2(O)C(O)C2O1. The van der Waals surface area contributed by atoms with Crippen molar-refractivity contribution in [3.05, 3.63) is 11.6 Å². The Morgan fingerprint density at radius 1 is 1.55 bits per heavy atom. The van der Waals surface area contributed by atoms with E-state index in [1.165, 1.54) is 0 Å². The Morgan fingerprint density at radius 3 is 3.00 bits per heavy atom. The van der Waals surface area contributed by atoms with Gasteiger partial charge in [0.1, 0.15) is 24.0 Å². The van der Waals surface area contributed by atoms with E-state index in [1.807, 2.05) is 0 Å². The topological polar surface area (TPSA) is 105 Å². The lowest BCUT2D eigenvalue weighted by Crippen LogP contribution is -2.19. The van der Waals surface area contributed by atoms with Crippen molar-refractivity contribution < 1.29 is 14.9 Å². The molecule has 0 spiro atoms. The molecule has 106 valence electrons. The molecule has 9 heteroatoms. The number of fused-ring (bicyclic) bond motifs is 2. The Kier molecular flexibility index (Phi) is 2.33. The van der Waals surface area contributed by atoms with Crippen LogP contribution >= 0.6 is 11.6 Å². The van der Waals surface area contributed by atoms with Gasteiger partial charge in [-0.15, -0.1) is 0 Å². The third-order valence-corrected chi connectivity index (χ3v) is 4.10. The fourth-order valence-electron chi connectivity index (χ4n) is 2.74. The molecule has 8 nitrogen and oxygen atoms in total. The Morgan fingerprint density at radius 2 is 2.35 bits per heavy atom. The first-order chi connectivity index (χ1) is 9.54. The summed E-state index contributed by atoms with van der Waals surface area (Å²) in [4.78, 5) is 12.5. The number of aromatic nitrogens is 4. The summed E-state index contributed by atoms with van der Waals surface area (Å²) in [6, 6.07) is 0. The number of imidazole rings is 1. The number of hydrogen-bond donors (Lipinski definition) is 3. The van der Waals surface area contributed by atoms with Crippen molar-refractivity contribution >= 4 is 28.6 Å². The third kappa shape index (κ3) is 1.44. The Labute approximate surface area is 118 Å². The molecule has 4 atom stereocenters. The van der Waals surface area contributed by atoms with Gasteiger partial charge in [-0.2, -0.15) is 9.97 Å². The van der Waals surface area contributed by atoms with Gasteiger partial charge in [0.2, 0.25) is 5.28 Å². The molecule has 1 aliphatic heterocycles. The van der Waals surface area contributed by atoms with Crippen LogP contribution in [0.1, 0.15) is 12.6 Å². The molecule has 20 heavy (non-hydrogen) atoms. The number of aliphatic hydroxyl groups is 2. The third-order valence-electron chi connectivity index (χ3n) is 3.93. The first-order valence-corrected chi connectivity index (χ1v) is 6.56. The van der Waals surface area contributed by atoms with Crippen molar-refractivity contribution in [2.45, 2.75) is 30.5 Å². The summed E-state index contributed by atoms with van der Waals surface area (Å²) in [7, 11) is 1.72. The van der Waals surface area contributed by atoms with E-state index in [2.05, 4.69) is 20.3 Å². The molecule has 1 saturated carbocycles. The number of nitrogens with zero attached hydrogens (tertiary/aromatic N) is 4. The predicted octanol–water partition coefficient (Wildman–Crippen LogP) is -0.0855. The number of hydrogen-bond acceptors (Lipinski definition) is 7. The average molecular weight is 298 g/mol. The lowest BCUT2D eigenvalue weighted by molar-refractivity contribution is -0.0117. The van der Waals surface area contributed by atoms with Gasteiger partial charge in [-0.05, 0) is 11.6 Å². The van der Waals surface area contributed by atoms with E-state index in [9.17, 15) is 10.2 Å². The van der Waals surface area contributed by atoms with Gasteiger partial charge in [0.05, 0.1) is 6.33 Å².